The van der Waals surface area contributed by atoms with Gasteiger partial charge in [0.05, 0.1) is 17.8 Å². The fourth-order valence-electron chi connectivity index (χ4n) is 1.36. The van der Waals surface area contributed by atoms with Crippen LogP contribution in [0.5, 0.6) is 0 Å². The zero-order chi connectivity index (χ0) is 11.0. The first-order valence-corrected chi connectivity index (χ1v) is 4.70. The van der Waals surface area contributed by atoms with Crippen molar-refractivity contribution in [2.45, 2.75) is 13.8 Å². The summed E-state index contributed by atoms with van der Waals surface area (Å²) in [4.78, 5) is 15.7. The van der Waals surface area contributed by atoms with Crippen molar-refractivity contribution in [2.24, 2.45) is 11.0 Å². The number of anilines is 2. The Labute approximate surface area is 87.6 Å². The topological polar surface area (TPSA) is 71.6 Å². The lowest BCUT2D eigenvalue weighted by Gasteiger charge is -2.11. The van der Waals surface area contributed by atoms with Crippen molar-refractivity contribution in [3.05, 3.63) is 18.3 Å². The van der Waals surface area contributed by atoms with Gasteiger partial charge >= 0.3 is 0 Å². The van der Waals surface area contributed by atoms with Crippen LogP contribution in [0.25, 0.3) is 0 Å². The van der Waals surface area contributed by atoms with Crippen molar-refractivity contribution in [3.8, 4) is 0 Å². The van der Waals surface area contributed by atoms with Gasteiger partial charge < -0.3 is 5.73 Å². The molecular formula is C10H12N4O. The number of pyridine rings is 1. The van der Waals surface area contributed by atoms with Crippen molar-refractivity contribution in [3.63, 3.8) is 0 Å². The van der Waals surface area contributed by atoms with Crippen LogP contribution in [0.3, 0.4) is 0 Å². The first-order valence-electron chi connectivity index (χ1n) is 4.70. The lowest BCUT2D eigenvalue weighted by Crippen LogP contribution is -2.25. The molecule has 0 spiro atoms. The van der Waals surface area contributed by atoms with Gasteiger partial charge in [-0.15, -0.1) is 0 Å². The summed E-state index contributed by atoms with van der Waals surface area (Å²) >= 11 is 0. The van der Waals surface area contributed by atoms with Gasteiger partial charge in [0.1, 0.15) is 5.82 Å². The van der Waals surface area contributed by atoms with E-state index in [0.29, 0.717) is 11.5 Å². The quantitative estimate of drug-likeness (QED) is 0.742. The lowest BCUT2D eigenvalue weighted by molar-refractivity contribution is -0.119. The molecule has 1 aromatic heterocycles. The highest BCUT2D eigenvalue weighted by Crippen LogP contribution is 2.22. The van der Waals surface area contributed by atoms with Crippen molar-refractivity contribution >= 4 is 23.1 Å². The average Bonchev–Trinajstić information content (AvgIpc) is 2.47. The highest BCUT2D eigenvalue weighted by Gasteiger charge is 2.30. The van der Waals surface area contributed by atoms with E-state index < -0.39 is 0 Å². The van der Waals surface area contributed by atoms with Gasteiger partial charge in [0, 0.05) is 5.71 Å². The smallest absolute Gasteiger partial charge is 0.256 e. The summed E-state index contributed by atoms with van der Waals surface area (Å²) in [7, 11) is 0. The van der Waals surface area contributed by atoms with Crippen molar-refractivity contribution in [2.75, 3.05) is 10.7 Å². The number of rotatable bonds is 1. The molecule has 0 radical (unpaired) electrons. The largest absolute Gasteiger partial charge is 0.384 e. The highest BCUT2D eigenvalue weighted by atomic mass is 16.2. The zero-order valence-electron chi connectivity index (χ0n) is 8.64. The van der Waals surface area contributed by atoms with E-state index in [1.54, 1.807) is 18.3 Å². The van der Waals surface area contributed by atoms with E-state index in [4.69, 9.17) is 5.73 Å². The molecule has 78 valence electrons. The minimum atomic E-state index is -0.150. The number of nitrogen functional groups attached to an aromatic ring is 1. The van der Waals surface area contributed by atoms with Gasteiger partial charge in [-0.3, -0.25) is 4.79 Å². The average molecular weight is 204 g/mol. The molecule has 1 amide bonds. The van der Waals surface area contributed by atoms with Crippen LogP contribution in [-0.2, 0) is 4.79 Å². The first-order chi connectivity index (χ1) is 7.09. The molecular weight excluding hydrogens is 192 g/mol. The summed E-state index contributed by atoms with van der Waals surface area (Å²) in [6.45, 7) is 3.68. The Bertz CT molecular complexity index is 424. The molecule has 0 unspecified atom stereocenters. The number of amides is 1. The van der Waals surface area contributed by atoms with E-state index in [0.717, 1.165) is 5.71 Å². The molecule has 1 aliphatic rings. The molecule has 2 N–H and O–H groups in total. The van der Waals surface area contributed by atoms with Gasteiger partial charge in [-0.1, -0.05) is 0 Å². The Morgan fingerprint density at radius 1 is 1.47 bits per heavy atom. The van der Waals surface area contributed by atoms with Gasteiger partial charge in [0.2, 0.25) is 0 Å². The molecule has 15 heavy (non-hydrogen) atoms. The number of hydrazone groups is 1. The number of hydrogen-bond donors (Lipinski definition) is 1. The lowest BCUT2D eigenvalue weighted by atomic mass is 10.1. The third-order valence-corrected chi connectivity index (χ3v) is 2.48. The Morgan fingerprint density at radius 3 is 2.67 bits per heavy atom. The van der Waals surface area contributed by atoms with Gasteiger partial charge in [-0.05, 0) is 26.0 Å². The molecule has 2 heterocycles. The van der Waals surface area contributed by atoms with E-state index >= 15 is 0 Å². The summed E-state index contributed by atoms with van der Waals surface area (Å²) in [5.41, 5.74) is 6.93. The second kappa shape index (κ2) is 3.34. The van der Waals surface area contributed by atoms with Crippen LogP contribution in [0.2, 0.25) is 0 Å². The SMILES string of the molecule is CC1=NN(c2ccc(N)nc2)C(=O)[C@H]1C. The van der Waals surface area contributed by atoms with Gasteiger partial charge in [0.15, 0.2) is 0 Å². The second-order valence-electron chi connectivity index (χ2n) is 3.55. The van der Waals surface area contributed by atoms with E-state index in [9.17, 15) is 4.79 Å². The van der Waals surface area contributed by atoms with Crippen LogP contribution >= 0.6 is 0 Å². The van der Waals surface area contributed by atoms with Crippen LogP contribution in [0, 0.1) is 5.92 Å². The molecule has 5 nitrogen and oxygen atoms in total. The van der Waals surface area contributed by atoms with Crippen LogP contribution in [0.1, 0.15) is 13.8 Å². The second-order valence-corrected chi connectivity index (χ2v) is 3.55. The first kappa shape index (κ1) is 9.64. The van der Waals surface area contributed by atoms with Crippen molar-refractivity contribution in [1.29, 1.82) is 0 Å². The molecule has 0 saturated carbocycles. The molecule has 0 saturated heterocycles. The van der Waals surface area contributed by atoms with E-state index in [1.165, 1.54) is 5.01 Å². The molecule has 5 heteroatoms. The Kier molecular flexibility index (Phi) is 2.15. The summed E-state index contributed by atoms with van der Waals surface area (Å²) in [5, 5.41) is 5.54. The fourth-order valence-corrected chi connectivity index (χ4v) is 1.36. The van der Waals surface area contributed by atoms with E-state index in [-0.39, 0.29) is 11.8 Å². The normalized spacial score (nSPS) is 20.7. The zero-order valence-corrected chi connectivity index (χ0v) is 8.64. The number of nitrogens with zero attached hydrogens (tertiary/aromatic N) is 3. The fraction of sp³-hybridized carbons (Fsp3) is 0.300. The van der Waals surface area contributed by atoms with Crippen LogP contribution in [0.4, 0.5) is 11.5 Å². The van der Waals surface area contributed by atoms with E-state index in [1.807, 2.05) is 13.8 Å². The third-order valence-electron chi connectivity index (χ3n) is 2.48. The molecule has 0 aromatic carbocycles. The summed E-state index contributed by atoms with van der Waals surface area (Å²) in [6, 6.07) is 3.38. The van der Waals surface area contributed by atoms with Gasteiger partial charge in [-0.25, -0.2) is 4.98 Å². The number of aromatic nitrogens is 1. The predicted octanol–water partition coefficient (Wildman–Crippen LogP) is 1.02. The van der Waals surface area contributed by atoms with Crippen LogP contribution in [-0.4, -0.2) is 16.6 Å². The maximum atomic E-state index is 11.8. The number of carbonyl (C=O) groups excluding carboxylic acids is 1. The van der Waals surface area contributed by atoms with Crippen LogP contribution in [0.15, 0.2) is 23.4 Å². The van der Waals surface area contributed by atoms with Gasteiger partial charge in [-0.2, -0.15) is 10.1 Å². The Hall–Kier alpha value is -1.91. The summed E-state index contributed by atoms with van der Waals surface area (Å²) < 4.78 is 0. The van der Waals surface area contributed by atoms with Crippen molar-refractivity contribution < 1.29 is 4.79 Å². The number of hydrogen-bond acceptors (Lipinski definition) is 4. The standard InChI is InChI=1S/C10H12N4O/c1-6-7(2)13-14(10(6)15)8-3-4-9(11)12-5-8/h3-6H,1-2H3,(H2,11,12)/t6-/m0/s1. The number of carbonyl (C=O) groups is 1. The minimum Gasteiger partial charge on any atom is -0.384 e. The molecule has 2 rings (SSSR count). The van der Waals surface area contributed by atoms with Crippen LogP contribution < -0.4 is 10.7 Å². The Balaban J connectivity index is 2.33. The minimum absolute atomic E-state index is 0.0286. The summed E-state index contributed by atoms with van der Waals surface area (Å²) in [6.07, 6.45) is 1.54. The highest BCUT2D eigenvalue weighted by molar-refractivity contribution is 6.14. The molecule has 1 atom stereocenters. The Morgan fingerprint density at radius 2 is 2.20 bits per heavy atom. The predicted molar refractivity (Wildman–Crippen MR) is 58.4 cm³/mol. The van der Waals surface area contributed by atoms with E-state index in [2.05, 4.69) is 10.1 Å². The molecule has 0 aliphatic carbocycles. The number of nitrogens with two attached hydrogens (primary N) is 1. The molecule has 1 aliphatic heterocycles. The monoisotopic (exact) mass is 204 g/mol. The van der Waals surface area contributed by atoms with Gasteiger partial charge in [0.25, 0.3) is 5.91 Å². The summed E-state index contributed by atoms with van der Waals surface area (Å²) in [5.74, 6) is 0.251. The maximum Gasteiger partial charge on any atom is 0.256 e. The molecule has 0 fully saturated rings. The third kappa shape index (κ3) is 1.56. The maximum absolute atomic E-state index is 11.8. The molecule has 1 aromatic rings. The molecule has 0 bridgehead atoms. The van der Waals surface area contributed by atoms with Crippen molar-refractivity contribution in [1.82, 2.24) is 4.98 Å².